The maximum atomic E-state index is 12.5. The maximum absolute atomic E-state index is 12.5. The van der Waals surface area contributed by atoms with Crippen LogP contribution in [0.15, 0.2) is 18.2 Å². The Morgan fingerprint density at radius 2 is 1.68 bits per heavy atom. The van der Waals surface area contributed by atoms with Crippen LogP contribution in [0, 0.1) is 0 Å². The van der Waals surface area contributed by atoms with Gasteiger partial charge in [-0.3, -0.25) is 4.79 Å². The van der Waals surface area contributed by atoms with Crippen LogP contribution in [0.3, 0.4) is 0 Å². The summed E-state index contributed by atoms with van der Waals surface area (Å²) >= 11 is 0. The monoisotopic (exact) mass is 370 g/mol. The largest absolute Gasteiger partial charge is 0.383 e. The van der Waals surface area contributed by atoms with Gasteiger partial charge in [0.1, 0.15) is 0 Å². The first-order valence-electron chi connectivity index (χ1n) is 8.44. The molecule has 6 nitrogen and oxygen atoms in total. The molecular weight excluding hydrogens is 340 g/mol. The molecule has 142 valence electrons. The van der Waals surface area contributed by atoms with Crippen LogP contribution < -0.4 is 5.32 Å². The summed E-state index contributed by atoms with van der Waals surface area (Å²) in [5.74, 6) is 0.138. The molecule has 0 unspecified atom stereocenters. The lowest BCUT2D eigenvalue weighted by Crippen LogP contribution is -2.39. The molecule has 1 amide bonds. The van der Waals surface area contributed by atoms with Crippen molar-refractivity contribution in [2.45, 2.75) is 39.5 Å². The highest BCUT2D eigenvalue weighted by atomic mass is 32.2. The van der Waals surface area contributed by atoms with E-state index in [-0.39, 0.29) is 37.4 Å². The number of nitrogens with one attached hydrogen (secondary N) is 1. The second kappa shape index (κ2) is 9.31. The van der Waals surface area contributed by atoms with Crippen molar-refractivity contribution < 1.29 is 17.9 Å². The molecule has 1 rings (SSSR count). The molecular formula is C18H30N2O4S. The Kier molecular flexibility index (Phi) is 8.05. The molecule has 0 spiro atoms. The van der Waals surface area contributed by atoms with Gasteiger partial charge in [-0.15, -0.1) is 0 Å². The zero-order valence-electron chi connectivity index (χ0n) is 16.0. The predicted octanol–water partition coefficient (Wildman–Crippen LogP) is 2.78. The number of benzene rings is 1. The third kappa shape index (κ3) is 6.41. The SMILES string of the molecule is COCCN(CC(=O)Nc1c(C(C)C)cccc1C(C)C)S(C)(=O)=O. The van der Waals surface area contributed by atoms with Gasteiger partial charge in [0, 0.05) is 19.3 Å². The number of carbonyl (C=O) groups is 1. The van der Waals surface area contributed by atoms with Crippen LogP contribution in [0.1, 0.15) is 50.7 Å². The van der Waals surface area contributed by atoms with Crippen molar-refractivity contribution in [1.29, 1.82) is 0 Å². The van der Waals surface area contributed by atoms with E-state index >= 15 is 0 Å². The summed E-state index contributed by atoms with van der Waals surface area (Å²) in [4.78, 5) is 12.5. The van der Waals surface area contributed by atoms with Crippen molar-refractivity contribution in [3.05, 3.63) is 29.3 Å². The van der Waals surface area contributed by atoms with Crippen LogP contribution in [-0.2, 0) is 19.6 Å². The molecule has 0 saturated carbocycles. The number of carbonyl (C=O) groups excluding carboxylic acids is 1. The molecule has 1 aromatic rings. The summed E-state index contributed by atoms with van der Waals surface area (Å²) in [5, 5.41) is 2.93. The number of anilines is 1. The molecule has 0 bridgehead atoms. The number of para-hydroxylation sites is 1. The number of ether oxygens (including phenoxy) is 1. The Balaban J connectivity index is 3.06. The minimum absolute atomic E-state index is 0.144. The molecule has 0 radical (unpaired) electrons. The van der Waals surface area contributed by atoms with E-state index in [0.29, 0.717) is 0 Å². The molecule has 0 aromatic heterocycles. The summed E-state index contributed by atoms with van der Waals surface area (Å²) < 4.78 is 29.8. The van der Waals surface area contributed by atoms with Crippen molar-refractivity contribution in [3.63, 3.8) is 0 Å². The van der Waals surface area contributed by atoms with Gasteiger partial charge in [-0.2, -0.15) is 4.31 Å². The standard InChI is InChI=1S/C18H30N2O4S/c1-13(2)15-8-7-9-16(14(3)4)18(15)19-17(21)12-20(10-11-24-5)25(6,22)23/h7-9,13-14H,10-12H2,1-6H3,(H,19,21). The first-order valence-corrected chi connectivity index (χ1v) is 10.3. The minimum atomic E-state index is -3.48. The molecule has 0 aliphatic rings. The third-order valence-electron chi connectivity index (χ3n) is 3.97. The summed E-state index contributed by atoms with van der Waals surface area (Å²) in [6.45, 7) is 8.41. The van der Waals surface area contributed by atoms with Crippen LogP contribution in [0.25, 0.3) is 0 Å². The van der Waals surface area contributed by atoms with E-state index in [1.165, 1.54) is 7.11 Å². The zero-order chi connectivity index (χ0) is 19.2. The first kappa shape index (κ1) is 21.6. The highest BCUT2D eigenvalue weighted by Gasteiger charge is 2.22. The fourth-order valence-electron chi connectivity index (χ4n) is 2.59. The average molecular weight is 371 g/mol. The summed E-state index contributed by atoms with van der Waals surface area (Å²) in [6, 6.07) is 5.97. The van der Waals surface area contributed by atoms with Gasteiger partial charge in [0.15, 0.2) is 0 Å². The predicted molar refractivity (Wildman–Crippen MR) is 102 cm³/mol. The maximum Gasteiger partial charge on any atom is 0.239 e. The topological polar surface area (TPSA) is 75.7 Å². The van der Waals surface area contributed by atoms with Gasteiger partial charge < -0.3 is 10.1 Å². The van der Waals surface area contributed by atoms with Gasteiger partial charge >= 0.3 is 0 Å². The number of rotatable bonds is 9. The van der Waals surface area contributed by atoms with Gasteiger partial charge in [-0.1, -0.05) is 45.9 Å². The minimum Gasteiger partial charge on any atom is -0.383 e. The number of hydrogen-bond acceptors (Lipinski definition) is 4. The molecule has 1 aromatic carbocycles. The quantitative estimate of drug-likeness (QED) is 0.725. The number of nitrogens with zero attached hydrogens (tertiary/aromatic N) is 1. The Labute approximate surface area is 151 Å². The summed E-state index contributed by atoms with van der Waals surface area (Å²) in [7, 11) is -1.99. The highest BCUT2D eigenvalue weighted by molar-refractivity contribution is 7.88. The number of methoxy groups -OCH3 is 1. The molecule has 0 heterocycles. The van der Waals surface area contributed by atoms with E-state index < -0.39 is 10.0 Å². The van der Waals surface area contributed by atoms with E-state index in [9.17, 15) is 13.2 Å². The molecule has 0 aliphatic carbocycles. The Morgan fingerprint density at radius 1 is 1.16 bits per heavy atom. The molecule has 25 heavy (non-hydrogen) atoms. The van der Waals surface area contributed by atoms with Gasteiger partial charge in [-0.25, -0.2) is 8.42 Å². The van der Waals surface area contributed by atoms with Gasteiger partial charge in [0.25, 0.3) is 0 Å². The zero-order valence-corrected chi connectivity index (χ0v) is 16.8. The fraction of sp³-hybridized carbons (Fsp3) is 0.611. The third-order valence-corrected chi connectivity index (χ3v) is 5.22. The van der Waals surface area contributed by atoms with Crippen LogP contribution >= 0.6 is 0 Å². The Bertz CT molecular complexity index is 658. The molecule has 1 N–H and O–H groups in total. The van der Waals surface area contributed by atoms with Crippen LogP contribution in [0.4, 0.5) is 5.69 Å². The van der Waals surface area contributed by atoms with Crippen molar-refractivity contribution in [2.75, 3.05) is 38.4 Å². The molecule has 0 saturated heterocycles. The Morgan fingerprint density at radius 3 is 2.08 bits per heavy atom. The van der Waals surface area contributed by atoms with Crippen LogP contribution in [0.2, 0.25) is 0 Å². The number of hydrogen-bond donors (Lipinski definition) is 1. The van der Waals surface area contributed by atoms with E-state index in [2.05, 4.69) is 33.0 Å². The summed E-state index contributed by atoms with van der Waals surface area (Å²) in [5.41, 5.74) is 2.88. The average Bonchev–Trinajstić information content (AvgIpc) is 2.49. The fourth-order valence-corrected chi connectivity index (χ4v) is 3.35. The lowest BCUT2D eigenvalue weighted by atomic mass is 9.92. The smallest absolute Gasteiger partial charge is 0.239 e. The molecule has 0 fully saturated rings. The van der Waals surface area contributed by atoms with E-state index in [1.54, 1.807) is 0 Å². The van der Waals surface area contributed by atoms with Crippen molar-refractivity contribution in [2.24, 2.45) is 0 Å². The first-order chi connectivity index (χ1) is 11.6. The van der Waals surface area contributed by atoms with Crippen LogP contribution in [0.5, 0.6) is 0 Å². The van der Waals surface area contributed by atoms with E-state index in [1.807, 2.05) is 18.2 Å². The normalized spacial score (nSPS) is 12.2. The van der Waals surface area contributed by atoms with Gasteiger partial charge in [0.2, 0.25) is 15.9 Å². The summed E-state index contributed by atoms with van der Waals surface area (Å²) in [6.07, 6.45) is 1.09. The molecule has 0 atom stereocenters. The van der Waals surface area contributed by atoms with E-state index in [0.717, 1.165) is 27.4 Å². The van der Waals surface area contributed by atoms with Gasteiger partial charge in [0.05, 0.1) is 19.4 Å². The Hall–Kier alpha value is -1.44. The van der Waals surface area contributed by atoms with Gasteiger partial charge in [-0.05, 0) is 23.0 Å². The van der Waals surface area contributed by atoms with E-state index in [4.69, 9.17) is 4.74 Å². The number of sulfonamides is 1. The second-order valence-corrected chi connectivity index (χ2v) is 8.74. The van der Waals surface area contributed by atoms with Crippen LogP contribution in [-0.4, -0.2) is 51.7 Å². The molecule has 7 heteroatoms. The lowest BCUT2D eigenvalue weighted by molar-refractivity contribution is -0.116. The lowest BCUT2D eigenvalue weighted by Gasteiger charge is -2.22. The van der Waals surface area contributed by atoms with Crippen molar-refractivity contribution >= 4 is 21.6 Å². The van der Waals surface area contributed by atoms with Crippen molar-refractivity contribution in [3.8, 4) is 0 Å². The van der Waals surface area contributed by atoms with Crippen molar-refractivity contribution in [1.82, 2.24) is 4.31 Å². The molecule has 0 aliphatic heterocycles. The second-order valence-electron chi connectivity index (χ2n) is 6.76. The highest BCUT2D eigenvalue weighted by Crippen LogP contribution is 2.32. The number of amides is 1.